The van der Waals surface area contributed by atoms with Crippen LogP contribution in [0.3, 0.4) is 0 Å². The third-order valence-corrected chi connectivity index (χ3v) is 8.61. The number of anilines is 1. The Morgan fingerprint density at radius 1 is 0.628 bits per heavy atom. The first-order valence-electron chi connectivity index (χ1n) is 15.4. The third-order valence-electron chi connectivity index (χ3n) is 8.61. The fourth-order valence-electron chi connectivity index (χ4n) is 6.29. The lowest BCUT2D eigenvalue weighted by Crippen LogP contribution is -2.31. The molecule has 1 unspecified atom stereocenters. The third kappa shape index (κ3) is 6.39. The molecule has 43 heavy (non-hydrogen) atoms. The molecule has 5 aromatic carbocycles. The second-order valence-corrected chi connectivity index (χ2v) is 13.2. The minimum absolute atomic E-state index is 0.238. The van der Waals surface area contributed by atoms with Crippen molar-refractivity contribution in [3.8, 4) is 22.3 Å². The van der Waals surface area contributed by atoms with Crippen LogP contribution in [-0.2, 0) is 16.7 Å². The quantitative estimate of drug-likeness (QED) is 0.165. The molecule has 3 heteroatoms. The van der Waals surface area contributed by atoms with Crippen molar-refractivity contribution in [1.82, 2.24) is 0 Å². The maximum absolute atomic E-state index is 11.5. The Morgan fingerprint density at radius 2 is 1.21 bits per heavy atom. The Bertz CT molecular complexity index is 1720. The Morgan fingerprint density at radius 3 is 1.84 bits per heavy atom. The predicted octanol–water partition coefficient (Wildman–Crippen LogP) is 10.1. The number of fused-ring (bicyclic) bond motifs is 1. The van der Waals surface area contributed by atoms with Crippen LogP contribution in [0.15, 0.2) is 103 Å². The molecule has 0 aromatic heterocycles. The molecule has 0 spiro atoms. The minimum atomic E-state index is -1.10. The minimum Gasteiger partial charge on any atom is -0.386 e. The van der Waals surface area contributed by atoms with Gasteiger partial charge in [-0.05, 0) is 122 Å². The first-order chi connectivity index (χ1) is 20.3. The molecular weight excluding hydrogens is 526 g/mol. The summed E-state index contributed by atoms with van der Waals surface area (Å²) in [4.78, 5) is 0. The Labute approximate surface area is 257 Å². The van der Waals surface area contributed by atoms with Gasteiger partial charge in [0, 0.05) is 5.69 Å². The molecular formula is C40H45NO2. The van der Waals surface area contributed by atoms with E-state index in [1.165, 1.54) is 11.1 Å². The number of hydrogen-bond acceptors (Lipinski definition) is 3. The maximum Gasteiger partial charge on any atom is 0.0846 e. The molecule has 0 bridgehead atoms. The number of rotatable bonds is 9. The number of nitrogens with one attached hydrogen (secondary N) is 1. The normalized spacial score (nSPS) is 13.6. The van der Waals surface area contributed by atoms with E-state index in [0.717, 1.165) is 62.7 Å². The van der Waals surface area contributed by atoms with Crippen LogP contribution in [0, 0.1) is 6.92 Å². The highest BCUT2D eigenvalue weighted by Gasteiger charge is 2.30. The van der Waals surface area contributed by atoms with E-state index in [1.807, 2.05) is 39.8 Å². The van der Waals surface area contributed by atoms with Crippen molar-refractivity contribution >= 4 is 16.5 Å². The Balaban J connectivity index is 1.65. The van der Waals surface area contributed by atoms with E-state index >= 15 is 0 Å². The lowest BCUT2D eigenvalue weighted by molar-refractivity contribution is 0.0753. The summed E-state index contributed by atoms with van der Waals surface area (Å²) in [6.07, 6.45) is 2.03. The highest BCUT2D eigenvalue weighted by Crippen LogP contribution is 2.43. The van der Waals surface area contributed by atoms with Gasteiger partial charge in [-0.1, -0.05) is 97.8 Å². The Hall–Kier alpha value is -3.92. The van der Waals surface area contributed by atoms with Crippen molar-refractivity contribution < 1.29 is 10.2 Å². The summed E-state index contributed by atoms with van der Waals surface area (Å²) in [6, 6.07) is 36.0. The lowest BCUT2D eigenvalue weighted by atomic mass is 9.79. The standard InChI is InChI=1S/C40H45NO2/c1-8-24-40(7,41-31-22-16-27(2)17-23-31)30-20-18-29(19-21-30)34-25-37(39(5,6)43)35(26-36(34)38(3,4)42)33-15-11-13-28-12-9-10-14-32(28)33/h9-23,25-26,41-43H,8,24H2,1-7H3. The number of benzene rings is 5. The second-order valence-electron chi connectivity index (χ2n) is 13.2. The molecule has 222 valence electrons. The van der Waals surface area contributed by atoms with Crippen LogP contribution in [0.25, 0.3) is 33.0 Å². The SMILES string of the molecule is CCCC(C)(Nc1ccc(C)cc1)c1ccc(-c2cc(C(C)(C)O)c(-c3cccc4ccccc34)cc2C(C)(C)O)cc1. The molecule has 0 heterocycles. The van der Waals surface area contributed by atoms with Crippen molar-refractivity contribution in [2.45, 2.75) is 78.0 Å². The first kappa shape index (κ1) is 30.5. The highest BCUT2D eigenvalue weighted by molar-refractivity contribution is 5.98. The summed E-state index contributed by atoms with van der Waals surface area (Å²) in [6.45, 7) is 13.9. The van der Waals surface area contributed by atoms with Crippen LogP contribution in [0.2, 0.25) is 0 Å². The maximum atomic E-state index is 11.5. The summed E-state index contributed by atoms with van der Waals surface area (Å²) in [5.74, 6) is 0. The van der Waals surface area contributed by atoms with E-state index in [0.29, 0.717) is 0 Å². The zero-order valence-corrected chi connectivity index (χ0v) is 26.6. The molecule has 5 aromatic rings. The fourth-order valence-corrected chi connectivity index (χ4v) is 6.29. The molecule has 0 amide bonds. The molecule has 0 aliphatic rings. The summed E-state index contributed by atoms with van der Waals surface area (Å²) < 4.78 is 0. The van der Waals surface area contributed by atoms with E-state index in [1.54, 1.807) is 0 Å². The van der Waals surface area contributed by atoms with Crippen LogP contribution < -0.4 is 5.32 Å². The number of aryl methyl sites for hydroxylation is 1. The van der Waals surface area contributed by atoms with Gasteiger partial charge in [-0.25, -0.2) is 0 Å². The second kappa shape index (κ2) is 11.6. The van der Waals surface area contributed by atoms with Crippen LogP contribution in [0.4, 0.5) is 5.69 Å². The molecule has 5 rings (SSSR count). The summed E-state index contributed by atoms with van der Waals surface area (Å²) >= 11 is 0. The van der Waals surface area contributed by atoms with Crippen molar-refractivity contribution in [3.63, 3.8) is 0 Å². The van der Waals surface area contributed by atoms with Crippen LogP contribution in [0.5, 0.6) is 0 Å². The van der Waals surface area contributed by atoms with E-state index < -0.39 is 11.2 Å². The van der Waals surface area contributed by atoms with Crippen molar-refractivity contribution in [2.75, 3.05) is 5.32 Å². The van der Waals surface area contributed by atoms with Crippen LogP contribution in [0.1, 0.15) is 76.6 Å². The van der Waals surface area contributed by atoms with Gasteiger partial charge in [-0.2, -0.15) is 0 Å². The summed E-state index contributed by atoms with van der Waals surface area (Å²) in [7, 11) is 0. The summed E-state index contributed by atoms with van der Waals surface area (Å²) in [5, 5.41) is 29.0. The van der Waals surface area contributed by atoms with Crippen molar-refractivity contribution in [2.24, 2.45) is 0 Å². The first-order valence-corrected chi connectivity index (χ1v) is 15.4. The monoisotopic (exact) mass is 571 g/mol. The van der Waals surface area contributed by atoms with Gasteiger partial charge in [0.15, 0.2) is 0 Å². The summed E-state index contributed by atoms with van der Waals surface area (Å²) in [5.41, 5.74) is 6.66. The zero-order valence-electron chi connectivity index (χ0n) is 26.6. The van der Waals surface area contributed by atoms with Gasteiger partial charge < -0.3 is 15.5 Å². The van der Waals surface area contributed by atoms with Gasteiger partial charge in [0.1, 0.15) is 0 Å². The van der Waals surface area contributed by atoms with Gasteiger partial charge in [-0.3, -0.25) is 0 Å². The number of hydrogen-bond donors (Lipinski definition) is 3. The van der Waals surface area contributed by atoms with E-state index in [2.05, 4.69) is 117 Å². The topological polar surface area (TPSA) is 52.5 Å². The average Bonchev–Trinajstić information content (AvgIpc) is 2.97. The van der Waals surface area contributed by atoms with E-state index in [4.69, 9.17) is 0 Å². The van der Waals surface area contributed by atoms with Crippen LogP contribution >= 0.6 is 0 Å². The largest absolute Gasteiger partial charge is 0.386 e. The molecule has 3 nitrogen and oxygen atoms in total. The number of aliphatic hydroxyl groups is 2. The lowest BCUT2D eigenvalue weighted by Gasteiger charge is -2.33. The zero-order chi connectivity index (χ0) is 31.0. The van der Waals surface area contributed by atoms with E-state index in [-0.39, 0.29) is 5.54 Å². The average molecular weight is 572 g/mol. The van der Waals surface area contributed by atoms with Gasteiger partial charge >= 0.3 is 0 Å². The molecule has 1 atom stereocenters. The van der Waals surface area contributed by atoms with Gasteiger partial charge in [-0.15, -0.1) is 0 Å². The molecule has 0 saturated heterocycles. The molecule has 0 fully saturated rings. The predicted molar refractivity (Wildman–Crippen MR) is 182 cm³/mol. The molecule has 0 saturated carbocycles. The van der Waals surface area contributed by atoms with Gasteiger partial charge in [0.05, 0.1) is 16.7 Å². The highest BCUT2D eigenvalue weighted by atomic mass is 16.3. The van der Waals surface area contributed by atoms with E-state index in [9.17, 15) is 10.2 Å². The molecule has 0 radical (unpaired) electrons. The molecule has 0 aliphatic heterocycles. The van der Waals surface area contributed by atoms with Gasteiger partial charge in [0.25, 0.3) is 0 Å². The Kier molecular flexibility index (Phi) is 8.26. The molecule has 0 aliphatic carbocycles. The van der Waals surface area contributed by atoms with Crippen molar-refractivity contribution in [1.29, 1.82) is 0 Å². The van der Waals surface area contributed by atoms with Crippen LogP contribution in [-0.4, -0.2) is 10.2 Å². The molecule has 3 N–H and O–H groups in total. The van der Waals surface area contributed by atoms with Crippen molar-refractivity contribution in [3.05, 3.63) is 125 Å². The smallest absolute Gasteiger partial charge is 0.0846 e. The van der Waals surface area contributed by atoms with Gasteiger partial charge in [0.2, 0.25) is 0 Å². The fraction of sp³-hybridized carbons (Fsp3) is 0.300.